The molecule has 80 valence electrons. The lowest BCUT2D eigenvalue weighted by molar-refractivity contribution is 0.331. The summed E-state index contributed by atoms with van der Waals surface area (Å²) in [7, 11) is -5.55. The summed E-state index contributed by atoms with van der Waals surface area (Å²) >= 11 is 0. The highest BCUT2D eigenvalue weighted by molar-refractivity contribution is 7.93. The molecule has 0 radical (unpaired) electrons. The molecule has 0 aliphatic heterocycles. The molecule has 0 aromatic carbocycles. The van der Waals surface area contributed by atoms with Gasteiger partial charge in [0.15, 0.2) is 5.69 Å². The van der Waals surface area contributed by atoms with E-state index in [-0.39, 0.29) is 22.4 Å². The number of nitrogen functional groups attached to an aromatic ring is 1. The fourth-order valence-corrected chi connectivity index (χ4v) is 3.21. The van der Waals surface area contributed by atoms with E-state index in [1.807, 2.05) is 0 Å². The van der Waals surface area contributed by atoms with E-state index in [0.29, 0.717) is 0 Å². The summed E-state index contributed by atoms with van der Waals surface area (Å²) in [6.45, 7) is 1.98. The van der Waals surface area contributed by atoms with Crippen LogP contribution in [-0.2, 0) is 9.84 Å². The highest BCUT2D eigenvalue weighted by Gasteiger charge is 2.30. The van der Waals surface area contributed by atoms with Crippen molar-refractivity contribution in [1.82, 2.24) is 4.37 Å². The Labute approximate surface area is 84.6 Å². The largest absolute Gasteiger partial charge is 0.568 e. The normalized spacial score (nSPS) is 12.9. The Morgan fingerprint density at radius 2 is 2.21 bits per heavy atom. The molecular formula is C6H10N2O4S2. The maximum absolute atomic E-state index is 11.2. The third kappa shape index (κ3) is 1.97. The van der Waals surface area contributed by atoms with Gasteiger partial charge in [-0.3, -0.25) is 0 Å². The lowest BCUT2D eigenvalue weighted by atomic mass is 10.6. The van der Waals surface area contributed by atoms with Crippen LogP contribution in [0.15, 0.2) is 4.21 Å². The van der Waals surface area contributed by atoms with Gasteiger partial charge in [0.25, 0.3) is 5.88 Å². The lowest BCUT2D eigenvalue weighted by Crippen LogP contribution is -2.01. The average Bonchev–Trinajstić information content (AvgIpc) is 2.26. The molecule has 0 saturated carbocycles. The average molecular weight is 238 g/mol. The number of nitrogens with zero attached hydrogens (tertiary/aromatic N) is 1. The van der Waals surface area contributed by atoms with Gasteiger partial charge < -0.3 is 15.0 Å². The zero-order valence-corrected chi connectivity index (χ0v) is 9.31. The maximum atomic E-state index is 11.2. The van der Waals surface area contributed by atoms with E-state index in [2.05, 4.69) is 4.37 Å². The van der Waals surface area contributed by atoms with Crippen molar-refractivity contribution in [3.05, 3.63) is 0 Å². The second-order valence-electron chi connectivity index (χ2n) is 2.55. The molecule has 0 aliphatic rings. The molecule has 1 aromatic rings. The molecule has 8 heteroatoms. The Balaban J connectivity index is 3.32. The summed E-state index contributed by atoms with van der Waals surface area (Å²) < 4.78 is 41.6. The lowest BCUT2D eigenvalue weighted by Gasteiger charge is -1.95. The number of rotatable bonds is 3. The van der Waals surface area contributed by atoms with Crippen molar-refractivity contribution < 1.29 is 17.7 Å². The molecule has 1 aromatic heterocycles. The zero-order valence-electron chi connectivity index (χ0n) is 7.68. The van der Waals surface area contributed by atoms with E-state index < -0.39 is 20.8 Å². The van der Waals surface area contributed by atoms with Crippen molar-refractivity contribution >= 4 is 26.5 Å². The third-order valence-electron chi connectivity index (χ3n) is 1.39. The van der Waals surface area contributed by atoms with E-state index in [1.165, 1.54) is 0 Å². The third-order valence-corrected chi connectivity index (χ3v) is 4.49. The molecule has 0 amide bonds. The molecule has 0 fully saturated rings. The predicted octanol–water partition coefficient (Wildman–Crippen LogP) is 0.194. The fourth-order valence-electron chi connectivity index (χ4n) is 0.917. The van der Waals surface area contributed by atoms with Crippen LogP contribution in [0, 0.1) is 0 Å². The van der Waals surface area contributed by atoms with Crippen LogP contribution in [-0.4, -0.2) is 30.2 Å². The van der Waals surface area contributed by atoms with Crippen LogP contribution >= 0.6 is 10.9 Å². The van der Waals surface area contributed by atoms with Crippen molar-refractivity contribution in [2.24, 2.45) is 0 Å². The summed E-state index contributed by atoms with van der Waals surface area (Å²) in [6.07, 6.45) is 0.928. The van der Waals surface area contributed by atoms with Gasteiger partial charge >= 0.3 is 4.21 Å². The summed E-state index contributed by atoms with van der Waals surface area (Å²) in [4.78, 5) is 0. The van der Waals surface area contributed by atoms with Crippen molar-refractivity contribution in [3.8, 4) is 5.88 Å². The smallest absolute Gasteiger partial charge is 0.315 e. The van der Waals surface area contributed by atoms with Gasteiger partial charge in [-0.25, -0.2) is 8.42 Å². The Kier molecular flexibility index (Phi) is 2.98. The molecule has 14 heavy (non-hydrogen) atoms. The van der Waals surface area contributed by atoms with Crippen molar-refractivity contribution in [2.45, 2.75) is 11.1 Å². The van der Waals surface area contributed by atoms with Gasteiger partial charge in [-0.05, 0) is 6.92 Å². The van der Waals surface area contributed by atoms with Gasteiger partial charge in [0.05, 0.1) is 17.6 Å². The SMILES string of the molecule is CCOc1n[s+]([O-])c(S(C)(=O)=O)c1N. The van der Waals surface area contributed by atoms with Crippen LogP contribution in [0.25, 0.3) is 0 Å². The van der Waals surface area contributed by atoms with Gasteiger partial charge in [0, 0.05) is 10.6 Å². The van der Waals surface area contributed by atoms with E-state index in [0.717, 1.165) is 6.26 Å². The minimum absolute atomic E-state index is 0.0636. The van der Waals surface area contributed by atoms with E-state index in [1.54, 1.807) is 6.92 Å². The first kappa shape index (κ1) is 11.2. The molecule has 1 unspecified atom stereocenters. The minimum atomic E-state index is -3.59. The Morgan fingerprint density at radius 3 is 2.57 bits per heavy atom. The van der Waals surface area contributed by atoms with Crippen molar-refractivity contribution in [1.29, 1.82) is 0 Å². The first-order valence-electron chi connectivity index (χ1n) is 3.71. The molecular weight excluding hydrogens is 228 g/mol. The van der Waals surface area contributed by atoms with Gasteiger partial charge in [-0.1, -0.05) is 0 Å². The molecule has 1 atom stereocenters. The highest BCUT2D eigenvalue weighted by atomic mass is 32.3. The van der Waals surface area contributed by atoms with E-state index in [9.17, 15) is 13.0 Å². The van der Waals surface area contributed by atoms with Crippen LogP contribution in [0.5, 0.6) is 5.88 Å². The molecule has 0 bridgehead atoms. The van der Waals surface area contributed by atoms with Gasteiger partial charge in [-0.15, -0.1) is 0 Å². The summed E-state index contributed by atoms with van der Waals surface area (Å²) in [5, 5.41) is 0. The minimum Gasteiger partial charge on any atom is -0.568 e. The first-order valence-corrected chi connectivity index (χ1v) is 6.71. The molecule has 0 spiro atoms. The van der Waals surface area contributed by atoms with Crippen LogP contribution in [0.4, 0.5) is 5.69 Å². The number of nitrogens with two attached hydrogens (primary N) is 1. The summed E-state index contributed by atoms with van der Waals surface area (Å²) in [5.74, 6) is -0.0636. The van der Waals surface area contributed by atoms with Gasteiger partial charge in [0.2, 0.25) is 9.84 Å². The first-order chi connectivity index (χ1) is 6.38. The second kappa shape index (κ2) is 3.71. The molecule has 2 N–H and O–H groups in total. The zero-order chi connectivity index (χ0) is 10.9. The van der Waals surface area contributed by atoms with Crippen LogP contribution in [0.3, 0.4) is 0 Å². The standard InChI is InChI=1S/C6H10N2O4S2/c1-3-12-5-4(7)6(13(9)8-5)14(2,10)11/h3,7H2,1-2H3. The van der Waals surface area contributed by atoms with Crippen LogP contribution < -0.4 is 10.5 Å². The highest BCUT2D eigenvalue weighted by Crippen LogP contribution is 2.37. The molecule has 1 heterocycles. The van der Waals surface area contributed by atoms with Gasteiger partial charge in [0.1, 0.15) is 0 Å². The number of anilines is 1. The molecule has 1 rings (SSSR count). The van der Waals surface area contributed by atoms with E-state index in [4.69, 9.17) is 10.5 Å². The number of ether oxygens (including phenoxy) is 1. The molecule has 0 saturated heterocycles. The van der Waals surface area contributed by atoms with E-state index >= 15 is 0 Å². The molecule has 6 nitrogen and oxygen atoms in total. The van der Waals surface area contributed by atoms with Crippen LogP contribution in [0.1, 0.15) is 6.92 Å². The number of hydrogen-bond donors (Lipinski definition) is 1. The van der Waals surface area contributed by atoms with Crippen molar-refractivity contribution in [2.75, 3.05) is 18.6 Å². The topological polar surface area (TPSA) is 105 Å². The summed E-state index contributed by atoms with van der Waals surface area (Å²) in [5.41, 5.74) is 5.28. The van der Waals surface area contributed by atoms with Crippen molar-refractivity contribution in [3.63, 3.8) is 0 Å². The molecule has 0 aliphatic carbocycles. The monoisotopic (exact) mass is 238 g/mol. The fraction of sp³-hybridized carbons (Fsp3) is 0.500. The predicted molar refractivity (Wildman–Crippen MR) is 51.6 cm³/mol. The Morgan fingerprint density at radius 1 is 1.64 bits per heavy atom. The maximum Gasteiger partial charge on any atom is 0.315 e. The number of hydrogen-bond acceptors (Lipinski definition) is 6. The van der Waals surface area contributed by atoms with Gasteiger partial charge in [-0.2, -0.15) is 0 Å². The summed E-state index contributed by atoms with van der Waals surface area (Å²) in [6, 6.07) is 0. The number of aromatic nitrogens is 1. The Bertz CT molecular complexity index is 437. The second-order valence-corrected chi connectivity index (χ2v) is 5.85. The number of sulfone groups is 1. The quantitative estimate of drug-likeness (QED) is 0.754. The Hall–Kier alpha value is -0.860. The van der Waals surface area contributed by atoms with Crippen LogP contribution in [0.2, 0.25) is 0 Å².